The molecule has 2 rings (SSSR count). The molecule has 1 aliphatic heterocycles. The van der Waals surface area contributed by atoms with E-state index in [1.165, 1.54) is 10.9 Å². The van der Waals surface area contributed by atoms with E-state index in [1.807, 2.05) is 0 Å². The summed E-state index contributed by atoms with van der Waals surface area (Å²) in [5, 5.41) is 14.6. The van der Waals surface area contributed by atoms with E-state index in [4.69, 9.17) is 4.74 Å². The minimum atomic E-state index is -0.462. The van der Waals surface area contributed by atoms with Gasteiger partial charge in [-0.1, -0.05) is 0 Å². The van der Waals surface area contributed by atoms with Crippen molar-refractivity contribution in [1.82, 2.24) is 9.78 Å². The molecule has 0 spiro atoms. The number of hydrogen-bond acceptors (Lipinski definition) is 4. The minimum Gasteiger partial charge on any atom is -0.356 e. The third kappa shape index (κ3) is 2.03. The summed E-state index contributed by atoms with van der Waals surface area (Å²) in [4.78, 5) is 10.1. The molecule has 0 radical (unpaired) electrons. The van der Waals surface area contributed by atoms with Crippen LogP contribution in [0.3, 0.4) is 0 Å². The molecule has 1 aliphatic rings. The van der Waals surface area contributed by atoms with Gasteiger partial charge in [0, 0.05) is 6.61 Å². The molecule has 1 saturated heterocycles. The number of nitro groups is 1. The van der Waals surface area contributed by atoms with Crippen LogP contribution in [-0.4, -0.2) is 21.3 Å². The molecule has 6 nitrogen and oxygen atoms in total. The van der Waals surface area contributed by atoms with Gasteiger partial charge in [-0.3, -0.25) is 10.1 Å². The Bertz CT molecular complexity index is 373. The van der Waals surface area contributed by atoms with Gasteiger partial charge in [-0.2, -0.15) is 5.10 Å². The van der Waals surface area contributed by atoms with Gasteiger partial charge in [0.1, 0.15) is 6.20 Å². The monoisotopic (exact) mass is 275 g/mol. The molecule has 0 aliphatic carbocycles. The molecule has 1 atom stereocenters. The van der Waals surface area contributed by atoms with Crippen LogP contribution in [0.2, 0.25) is 0 Å². The van der Waals surface area contributed by atoms with Crippen LogP contribution in [0.1, 0.15) is 25.5 Å². The minimum absolute atomic E-state index is 0.0239. The second-order valence-corrected chi connectivity index (χ2v) is 4.09. The van der Waals surface area contributed by atoms with Gasteiger partial charge in [0.05, 0.1) is 4.92 Å². The number of rotatable bonds is 2. The molecule has 1 aromatic rings. The third-order valence-corrected chi connectivity index (χ3v) is 3.11. The van der Waals surface area contributed by atoms with Crippen LogP contribution in [0.25, 0.3) is 0 Å². The van der Waals surface area contributed by atoms with E-state index in [0.717, 1.165) is 19.3 Å². The molecule has 1 fully saturated rings. The van der Waals surface area contributed by atoms with Gasteiger partial charge < -0.3 is 4.74 Å². The Labute approximate surface area is 94.5 Å². The predicted molar refractivity (Wildman–Crippen MR) is 55.4 cm³/mol. The zero-order valence-electron chi connectivity index (χ0n) is 7.93. The number of aromatic nitrogens is 2. The van der Waals surface area contributed by atoms with Crippen LogP contribution in [0.15, 0.2) is 10.8 Å². The van der Waals surface area contributed by atoms with Crippen molar-refractivity contribution in [3.05, 3.63) is 20.9 Å². The van der Waals surface area contributed by atoms with E-state index in [0.29, 0.717) is 11.2 Å². The second-order valence-electron chi connectivity index (χ2n) is 3.34. The first-order valence-corrected chi connectivity index (χ1v) is 5.48. The number of nitrogens with zero attached hydrogens (tertiary/aromatic N) is 3. The molecular weight excluding hydrogens is 266 g/mol. The molecule has 1 aromatic heterocycles. The maximum Gasteiger partial charge on any atom is 0.321 e. The van der Waals surface area contributed by atoms with Crippen molar-refractivity contribution in [2.75, 3.05) is 6.61 Å². The van der Waals surface area contributed by atoms with Crippen molar-refractivity contribution in [2.24, 2.45) is 0 Å². The number of ether oxygens (including phenoxy) is 1. The van der Waals surface area contributed by atoms with Crippen LogP contribution in [0, 0.1) is 10.1 Å². The smallest absolute Gasteiger partial charge is 0.321 e. The van der Waals surface area contributed by atoms with Crippen molar-refractivity contribution in [3.63, 3.8) is 0 Å². The molecule has 2 heterocycles. The van der Waals surface area contributed by atoms with Crippen molar-refractivity contribution in [3.8, 4) is 0 Å². The van der Waals surface area contributed by atoms with Crippen LogP contribution in [-0.2, 0) is 4.74 Å². The Kier molecular flexibility index (Phi) is 3.01. The van der Waals surface area contributed by atoms with Crippen LogP contribution in [0.4, 0.5) is 5.69 Å². The average Bonchev–Trinajstić information content (AvgIpc) is 2.61. The van der Waals surface area contributed by atoms with Gasteiger partial charge >= 0.3 is 5.69 Å². The Hall–Kier alpha value is -0.950. The highest BCUT2D eigenvalue weighted by molar-refractivity contribution is 9.10. The van der Waals surface area contributed by atoms with E-state index in [2.05, 4.69) is 21.0 Å². The summed E-state index contributed by atoms with van der Waals surface area (Å²) in [5.74, 6) is 0. The van der Waals surface area contributed by atoms with Gasteiger partial charge in [0.15, 0.2) is 10.8 Å². The highest BCUT2D eigenvalue weighted by Gasteiger charge is 2.24. The fourth-order valence-electron chi connectivity index (χ4n) is 1.58. The largest absolute Gasteiger partial charge is 0.356 e. The summed E-state index contributed by atoms with van der Waals surface area (Å²) in [5.41, 5.74) is -0.0239. The lowest BCUT2D eigenvalue weighted by Crippen LogP contribution is -2.19. The molecule has 0 N–H and O–H groups in total. The molecule has 15 heavy (non-hydrogen) atoms. The lowest BCUT2D eigenvalue weighted by Gasteiger charge is -2.22. The van der Waals surface area contributed by atoms with Crippen molar-refractivity contribution in [1.29, 1.82) is 0 Å². The Morgan fingerprint density at radius 2 is 2.47 bits per heavy atom. The highest BCUT2D eigenvalue weighted by Crippen LogP contribution is 2.30. The first-order chi connectivity index (χ1) is 7.20. The van der Waals surface area contributed by atoms with E-state index >= 15 is 0 Å². The lowest BCUT2D eigenvalue weighted by molar-refractivity contribution is -0.385. The summed E-state index contributed by atoms with van der Waals surface area (Å²) in [6, 6.07) is 0. The van der Waals surface area contributed by atoms with Crippen molar-refractivity contribution < 1.29 is 9.66 Å². The van der Waals surface area contributed by atoms with Crippen molar-refractivity contribution >= 4 is 21.6 Å². The summed E-state index contributed by atoms with van der Waals surface area (Å²) < 4.78 is 7.39. The van der Waals surface area contributed by atoms with E-state index in [-0.39, 0.29) is 11.9 Å². The summed E-state index contributed by atoms with van der Waals surface area (Å²) in [6.45, 7) is 0.685. The highest BCUT2D eigenvalue weighted by atomic mass is 79.9. The zero-order valence-corrected chi connectivity index (χ0v) is 9.51. The van der Waals surface area contributed by atoms with Gasteiger partial charge in [-0.25, -0.2) is 4.68 Å². The van der Waals surface area contributed by atoms with Gasteiger partial charge in [-0.15, -0.1) is 0 Å². The molecule has 82 valence electrons. The summed E-state index contributed by atoms with van der Waals surface area (Å²) in [6.07, 6.45) is 4.00. The first-order valence-electron chi connectivity index (χ1n) is 4.69. The average molecular weight is 276 g/mol. The van der Waals surface area contributed by atoms with E-state index < -0.39 is 4.92 Å². The van der Waals surface area contributed by atoms with Crippen molar-refractivity contribution in [2.45, 2.75) is 25.5 Å². The number of hydrogen-bond donors (Lipinski definition) is 0. The molecular formula is C8H10BrN3O3. The molecule has 0 bridgehead atoms. The Balaban J connectivity index is 2.24. The van der Waals surface area contributed by atoms with Crippen LogP contribution in [0.5, 0.6) is 0 Å². The summed E-state index contributed by atoms with van der Waals surface area (Å²) in [7, 11) is 0. The summed E-state index contributed by atoms with van der Waals surface area (Å²) >= 11 is 3.17. The van der Waals surface area contributed by atoms with E-state index in [1.54, 1.807) is 0 Å². The molecule has 0 amide bonds. The normalized spacial score (nSPS) is 21.5. The molecule has 0 unspecified atom stereocenters. The number of halogens is 1. The zero-order chi connectivity index (χ0) is 10.8. The Morgan fingerprint density at radius 1 is 1.67 bits per heavy atom. The van der Waals surface area contributed by atoms with Crippen LogP contribution >= 0.6 is 15.9 Å². The van der Waals surface area contributed by atoms with Gasteiger partial charge in [0.25, 0.3) is 0 Å². The lowest BCUT2D eigenvalue weighted by atomic mass is 10.2. The van der Waals surface area contributed by atoms with Crippen LogP contribution < -0.4 is 0 Å². The predicted octanol–water partition coefficient (Wildman–Crippen LogP) is 2.25. The fraction of sp³-hybridized carbons (Fsp3) is 0.625. The standard InChI is InChI=1S/C8H10BrN3O3/c9-8-6(12(13)14)5-10-11(8)7-3-1-2-4-15-7/h5,7H,1-4H2/t7-/m0/s1. The van der Waals surface area contributed by atoms with Gasteiger partial charge in [0.2, 0.25) is 0 Å². The maximum atomic E-state index is 10.6. The first kappa shape index (κ1) is 10.6. The fourth-order valence-corrected chi connectivity index (χ4v) is 2.15. The van der Waals surface area contributed by atoms with Gasteiger partial charge in [-0.05, 0) is 35.2 Å². The molecule has 0 aromatic carbocycles. The molecule has 0 saturated carbocycles. The Morgan fingerprint density at radius 3 is 3.00 bits per heavy atom. The molecule has 7 heteroatoms. The quantitative estimate of drug-likeness (QED) is 0.613. The topological polar surface area (TPSA) is 70.2 Å². The third-order valence-electron chi connectivity index (χ3n) is 2.34. The second kappa shape index (κ2) is 4.28. The SMILES string of the molecule is O=[N+]([O-])c1cnn([C@@H]2CCCCO2)c1Br. The van der Waals surface area contributed by atoms with E-state index in [9.17, 15) is 10.1 Å². The maximum absolute atomic E-state index is 10.6.